The van der Waals surface area contributed by atoms with Crippen LogP contribution in [0.4, 0.5) is 5.69 Å². The zero-order chi connectivity index (χ0) is 29.4. The second-order valence-electron chi connectivity index (χ2n) is 9.46. The zero-order valence-electron chi connectivity index (χ0n) is 23.7. The average Bonchev–Trinajstić information content (AvgIpc) is 3.40. The van der Waals surface area contributed by atoms with Crippen LogP contribution >= 0.6 is 46.3 Å². The van der Waals surface area contributed by atoms with E-state index in [0.717, 1.165) is 42.8 Å². The molecule has 0 amide bonds. The predicted octanol–water partition coefficient (Wildman–Crippen LogP) is 6.15. The molecule has 4 rings (SSSR count). The number of nitrogens with zero attached hydrogens (tertiary/aromatic N) is 2. The molecule has 0 unspecified atom stereocenters. The van der Waals surface area contributed by atoms with Crippen molar-refractivity contribution in [1.29, 1.82) is 0 Å². The number of rotatable bonds is 10. The summed E-state index contributed by atoms with van der Waals surface area (Å²) in [4.78, 5) is 4.78. The number of hydrogen-bond donors (Lipinski definition) is 1. The van der Waals surface area contributed by atoms with E-state index < -0.39 is 15.9 Å². The number of aryl methyl sites for hydroxylation is 1. The summed E-state index contributed by atoms with van der Waals surface area (Å²) < 4.78 is 36.6. The van der Waals surface area contributed by atoms with E-state index in [2.05, 4.69) is 44.4 Å². The van der Waals surface area contributed by atoms with Crippen LogP contribution in [0.3, 0.4) is 0 Å². The van der Waals surface area contributed by atoms with Crippen molar-refractivity contribution in [3.8, 4) is 0 Å². The fourth-order valence-corrected chi connectivity index (χ4v) is 7.46. The molecule has 0 spiro atoms. The first-order valence-corrected chi connectivity index (χ1v) is 17.5. The molecule has 0 bridgehead atoms. The van der Waals surface area contributed by atoms with Gasteiger partial charge in [0.05, 0.1) is 40.5 Å². The number of anilines is 1. The van der Waals surface area contributed by atoms with Crippen molar-refractivity contribution in [3.05, 3.63) is 68.1 Å². The maximum absolute atomic E-state index is 11.1. The molecule has 218 valence electrons. The highest BCUT2D eigenvalue weighted by Crippen LogP contribution is 2.47. The molecule has 2 aromatic carbocycles. The van der Waals surface area contributed by atoms with E-state index in [1.54, 1.807) is 28.0 Å². The van der Waals surface area contributed by atoms with Gasteiger partial charge in [0.25, 0.3) is 5.01 Å². The van der Waals surface area contributed by atoms with E-state index in [4.69, 9.17) is 23.2 Å². The second kappa shape index (κ2) is 15.0. The van der Waals surface area contributed by atoms with Crippen molar-refractivity contribution in [2.45, 2.75) is 45.4 Å². The number of hydrogen-bond acceptors (Lipinski definition) is 6. The highest BCUT2D eigenvalue weighted by atomic mass is 35.5. The van der Waals surface area contributed by atoms with Gasteiger partial charge in [-0.05, 0) is 75.6 Å². The number of fused-ring (bicyclic) bond motifs is 2. The van der Waals surface area contributed by atoms with E-state index in [0.29, 0.717) is 16.6 Å². The van der Waals surface area contributed by atoms with Crippen LogP contribution in [-0.2, 0) is 17.2 Å². The Bertz CT molecular complexity index is 1480. The van der Waals surface area contributed by atoms with Crippen LogP contribution in [0.25, 0.3) is 16.3 Å². The Kier molecular flexibility index (Phi) is 12.4. The topological polar surface area (TPSA) is 68.8 Å². The minimum Gasteiger partial charge on any atom is -0.748 e. The number of thioether (sulfide) groups is 1. The number of thiazole rings is 1. The monoisotopic (exact) mass is 642 g/mol. The Labute approximate surface area is 257 Å². The summed E-state index contributed by atoms with van der Waals surface area (Å²) >= 11 is 15.7. The zero-order valence-corrected chi connectivity index (χ0v) is 27.6. The molecule has 0 atom stereocenters. The molecule has 40 heavy (non-hydrogen) atoms. The van der Waals surface area contributed by atoms with Crippen LogP contribution in [0, 0.1) is 0 Å². The lowest BCUT2D eigenvalue weighted by Gasteiger charge is -2.21. The molecule has 6 nitrogen and oxygen atoms in total. The number of allylic oxidation sites excluding steroid dienone is 2. The van der Waals surface area contributed by atoms with Crippen LogP contribution < -0.4 is 14.4 Å². The van der Waals surface area contributed by atoms with Gasteiger partial charge in [0.1, 0.15) is 11.7 Å². The first kappa shape index (κ1) is 32.9. The number of nitrogens with one attached hydrogen (secondary N) is 1. The van der Waals surface area contributed by atoms with Gasteiger partial charge in [-0.3, -0.25) is 0 Å². The lowest BCUT2D eigenvalue weighted by atomic mass is 10.2. The molecule has 11 heteroatoms. The molecule has 1 aliphatic rings. The minimum atomic E-state index is -4.26. The van der Waals surface area contributed by atoms with Crippen molar-refractivity contribution in [1.82, 2.24) is 0 Å². The smallest absolute Gasteiger partial charge is 0.262 e. The Morgan fingerprint density at radius 1 is 1.05 bits per heavy atom. The van der Waals surface area contributed by atoms with E-state index in [1.165, 1.54) is 19.6 Å². The first-order valence-electron chi connectivity index (χ1n) is 13.5. The van der Waals surface area contributed by atoms with Crippen molar-refractivity contribution >= 4 is 78.4 Å². The highest BCUT2D eigenvalue weighted by Gasteiger charge is 2.26. The fourth-order valence-electron chi connectivity index (χ4n) is 4.39. The molecular formula is C29H38Cl2N3O3S3+. The van der Waals surface area contributed by atoms with Crippen LogP contribution in [0.1, 0.15) is 45.5 Å². The third kappa shape index (κ3) is 8.95. The minimum absolute atomic E-state index is 0.243. The average molecular weight is 644 g/mol. The molecule has 1 N–H and O–H groups in total. The Morgan fingerprint density at radius 2 is 1.70 bits per heavy atom. The van der Waals surface area contributed by atoms with E-state index in [1.807, 2.05) is 48.3 Å². The molecule has 2 heterocycles. The molecule has 0 fully saturated rings. The Hall–Kier alpha value is -1.59. The Morgan fingerprint density at radius 3 is 2.30 bits per heavy atom. The van der Waals surface area contributed by atoms with Crippen LogP contribution in [0.15, 0.2) is 58.0 Å². The number of benzene rings is 2. The number of halogens is 2. The highest BCUT2D eigenvalue weighted by molar-refractivity contribution is 8.03. The summed E-state index contributed by atoms with van der Waals surface area (Å²) in [5, 5.41) is 3.40. The van der Waals surface area contributed by atoms with Gasteiger partial charge in [0, 0.05) is 39.4 Å². The van der Waals surface area contributed by atoms with E-state index in [9.17, 15) is 13.0 Å². The third-order valence-corrected chi connectivity index (χ3v) is 10.4. The lowest BCUT2D eigenvalue weighted by Crippen LogP contribution is -3.11. The molecule has 0 saturated carbocycles. The molecule has 0 saturated heterocycles. The van der Waals surface area contributed by atoms with Gasteiger partial charge >= 0.3 is 0 Å². The van der Waals surface area contributed by atoms with Crippen molar-refractivity contribution in [2.75, 3.05) is 36.8 Å². The largest absolute Gasteiger partial charge is 0.748 e. The van der Waals surface area contributed by atoms with Crippen molar-refractivity contribution in [3.63, 3.8) is 0 Å². The number of quaternary nitrogens is 1. The first-order chi connectivity index (χ1) is 19.0. The summed E-state index contributed by atoms with van der Waals surface area (Å²) in [5.41, 5.74) is 3.14. The van der Waals surface area contributed by atoms with Gasteiger partial charge in [0.15, 0.2) is 0 Å². The lowest BCUT2D eigenvalue weighted by molar-refractivity contribution is -0.894. The normalized spacial score (nSPS) is 14.7. The summed E-state index contributed by atoms with van der Waals surface area (Å²) in [6.07, 6.45) is 5.36. The van der Waals surface area contributed by atoms with Gasteiger partial charge in [0.2, 0.25) is 5.52 Å². The van der Waals surface area contributed by atoms with Crippen molar-refractivity contribution < 1.29 is 22.4 Å². The summed E-state index contributed by atoms with van der Waals surface area (Å²) in [5.74, 6) is -0.395. The van der Waals surface area contributed by atoms with Gasteiger partial charge in [-0.25, -0.2) is 8.42 Å². The summed E-state index contributed by atoms with van der Waals surface area (Å²) in [7, 11) is -2.23. The maximum Gasteiger partial charge on any atom is 0.262 e. The third-order valence-electron chi connectivity index (χ3n) is 6.82. The molecule has 3 aromatic rings. The summed E-state index contributed by atoms with van der Waals surface area (Å²) in [6, 6.07) is 11.6. The Balaban J connectivity index is 0.000000559. The van der Waals surface area contributed by atoms with Gasteiger partial charge in [-0.2, -0.15) is 4.57 Å². The van der Waals surface area contributed by atoms with Crippen LogP contribution in [0.5, 0.6) is 0 Å². The van der Waals surface area contributed by atoms with Crippen molar-refractivity contribution in [2.24, 2.45) is 7.05 Å². The summed E-state index contributed by atoms with van der Waals surface area (Å²) in [6.45, 7) is 13.0. The molecule has 1 aliphatic heterocycles. The van der Waals surface area contributed by atoms with E-state index >= 15 is 0 Å². The van der Waals surface area contributed by atoms with Crippen LogP contribution in [-0.4, -0.2) is 44.9 Å². The van der Waals surface area contributed by atoms with Gasteiger partial charge in [-0.1, -0.05) is 53.2 Å². The number of aromatic nitrogens is 1. The SMILES string of the molecule is CCC(=Cc1sc2ccc(Cl)cc2[n+]1C)C=C1Sc2ccc(Cl)cc2N1CCCS(=O)(=O)[O-].CC[NH+](CC)CC. The molecule has 1 aromatic heterocycles. The second-order valence-corrected chi connectivity index (χ2v) is 14.0. The quantitative estimate of drug-likeness (QED) is 0.212. The molecular weight excluding hydrogens is 605 g/mol. The van der Waals surface area contributed by atoms with E-state index in [-0.39, 0.29) is 6.42 Å². The maximum atomic E-state index is 11.1. The van der Waals surface area contributed by atoms with Gasteiger partial charge in [-0.15, -0.1) is 0 Å². The van der Waals surface area contributed by atoms with Gasteiger partial charge < -0.3 is 14.4 Å². The standard InChI is InChI=1S/C23H22Cl2N2O3S3.C6H15N/c1-3-15(11-22-26(2)18-13-16(24)5-7-20(18)31-22)12-23-27(9-4-10-33(28,29)30)19-14-17(25)6-8-21(19)32-23;1-4-7(5-2)6-3/h5-8,11-14H,3-4,9-10H2,1-2H3;4-6H2,1-3H3/p+1. The van der Waals surface area contributed by atoms with Crippen LogP contribution in [0.2, 0.25) is 10.0 Å². The predicted molar refractivity (Wildman–Crippen MR) is 171 cm³/mol. The molecule has 0 radical (unpaired) electrons. The fraction of sp³-hybridized carbons (Fsp3) is 0.414. The molecule has 0 aliphatic carbocycles.